The minimum atomic E-state index is -4.74. The summed E-state index contributed by atoms with van der Waals surface area (Å²) in [6.45, 7) is 2.40. The summed E-state index contributed by atoms with van der Waals surface area (Å²) in [5.74, 6) is -0.589. The van der Waals surface area contributed by atoms with Gasteiger partial charge in [-0.2, -0.15) is 0 Å². The average molecular weight is 367 g/mol. The lowest BCUT2D eigenvalue weighted by molar-refractivity contribution is -0.274. The Morgan fingerprint density at radius 1 is 1.23 bits per heavy atom. The number of rotatable bonds is 7. The van der Waals surface area contributed by atoms with Gasteiger partial charge in [-0.1, -0.05) is 6.07 Å². The Balaban J connectivity index is 1.85. The van der Waals surface area contributed by atoms with Crippen molar-refractivity contribution in [1.29, 1.82) is 0 Å². The number of carbonyl (C=O) groups is 1. The van der Waals surface area contributed by atoms with E-state index in [0.29, 0.717) is 18.7 Å². The molecule has 0 fully saturated rings. The molecule has 26 heavy (non-hydrogen) atoms. The molecule has 140 valence electrons. The number of halogens is 3. The fourth-order valence-corrected chi connectivity index (χ4v) is 2.22. The highest BCUT2D eigenvalue weighted by atomic mass is 19.4. The van der Waals surface area contributed by atoms with E-state index < -0.39 is 12.4 Å². The van der Waals surface area contributed by atoms with Crippen molar-refractivity contribution >= 4 is 11.6 Å². The third kappa shape index (κ3) is 6.36. The zero-order valence-electron chi connectivity index (χ0n) is 14.5. The highest BCUT2D eigenvalue weighted by Crippen LogP contribution is 2.24. The lowest BCUT2D eigenvalue weighted by Gasteiger charge is -2.23. The third-order valence-electron chi connectivity index (χ3n) is 3.84. The van der Waals surface area contributed by atoms with Crippen LogP contribution >= 0.6 is 0 Å². The van der Waals surface area contributed by atoms with Crippen molar-refractivity contribution in [2.45, 2.75) is 25.7 Å². The Bertz CT molecular complexity index is 706. The summed E-state index contributed by atoms with van der Waals surface area (Å²) in [6.07, 6.45) is -2.31. The van der Waals surface area contributed by atoms with E-state index >= 15 is 0 Å². The van der Waals surface area contributed by atoms with Gasteiger partial charge < -0.3 is 10.1 Å². The first-order valence-electron chi connectivity index (χ1n) is 8.01. The molecule has 2 aromatic rings. The molecule has 1 atom stereocenters. The maximum atomic E-state index is 12.3. The fraction of sp³-hybridized carbons (Fsp3) is 0.333. The second-order valence-corrected chi connectivity index (χ2v) is 5.79. The lowest BCUT2D eigenvalue weighted by atomic mass is 10.2. The van der Waals surface area contributed by atoms with Crippen LogP contribution in [0.15, 0.2) is 48.7 Å². The van der Waals surface area contributed by atoms with Crippen LogP contribution in [0.1, 0.15) is 12.6 Å². The molecule has 0 aliphatic rings. The largest absolute Gasteiger partial charge is 0.573 e. The molecule has 1 heterocycles. The molecule has 1 aromatic carbocycles. The van der Waals surface area contributed by atoms with Gasteiger partial charge in [0.1, 0.15) is 5.75 Å². The van der Waals surface area contributed by atoms with Gasteiger partial charge in [0.05, 0.1) is 6.04 Å². The van der Waals surface area contributed by atoms with Crippen LogP contribution in [0.4, 0.5) is 18.9 Å². The lowest BCUT2D eigenvalue weighted by Crippen LogP contribution is -2.40. The number of anilines is 1. The van der Waals surface area contributed by atoms with Gasteiger partial charge in [-0.05, 0) is 50.4 Å². The monoisotopic (exact) mass is 367 g/mol. The molecule has 1 amide bonds. The highest BCUT2D eigenvalue weighted by Gasteiger charge is 2.31. The second kappa shape index (κ2) is 8.66. The van der Waals surface area contributed by atoms with Gasteiger partial charge in [0, 0.05) is 30.5 Å². The van der Waals surface area contributed by atoms with Crippen LogP contribution in [-0.2, 0) is 11.2 Å². The third-order valence-corrected chi connectivity index (χ3v) is 3.84. The van der Waals surface area contributed by atoms with Crippen LogP contribution in [0, 0.1) is 0 Å². The van der Waals surface area contributed by atoms with E-state index in [1.165, 1.54) is 12.1 Å². The van der Waals surface area contributed by atoms with Crippen molar-refractivity contribution in [1.82, 2.24) is 9.88 Å². The number of benzene rings is 1. The number of pyridine rings is 1. The average Bonchev–Trinajstić information content (AvgIpc) is 2.60. The van der Waals surface area contributed by atoms with Gasteiger partial charge in [-0.15, -0.1) is 13.2 Å². The summed E-state index contributed by atoms with van der Waals surface area (Å²) >= 11 is 0. The number of alkyl halides is 3. The number of nitrogens with zero attached hydrogens (tertiary/aromatic N) is 2. The zero-order chi connectivity index (χ0) is 19.2. The predicted molar refractivity (Wildman–Crippen MR) is 91.8 cm³/mol. The maximum Gasteiger partial charge on any atom is 0.573 e. The summed E-state index contributed by atoms with van der Waals surface area (Å²) in [4.78, 5) is 18.4. The quantitative estimate of drug-likeness (QED) is 0.814. The molecule has 0 bridgehead atoms. The topological polar surface area (TPSA) is 54.5 Å². The van der Waals surface area contributed by atoms with Crippen molar-refractivity contribution in [2.75, 3.05) is 18.9 Å². The maximum absolute atomic E-state index is 12.3. The van der Waals surface area contributed by atoms with Crippen LogP contribution in [0.3, 0.4) is 0 Å². The number of hydrogen-bond donors (Lipinski definition) is 1. The molecular formula is C18H20F3N3O2. The van der Waals surface area contributed by atoms with Gasteiger partial charge >= 0.3 is 6.36 Å². The van der Waals surface area contributed by atoms with Crippen molar-refractivity contribution in [3.8, 4) is 5.75 Å². The Morgan fingerprint density at radius 2 is 1.92 bits per heavy atom. The van der Waals surface area contributed by atoms with E-state index in [4.69, 9.17) is 0 Å². The number of carbonyl (C=O) groups excluding carboxylic acids is 1. The Kier molecular flexibility index (Phi) is 6.57. The number of likely N-dealkylation sites (N-methyl/N-ethyl adjacent to an activating group) is 1. The van der Waals surface area contributed by atoms with Crippen molar-refractivity contribution in [3.63, 3.8) is 0 Å². The van der Waals surface area contributed by atoms with E-state index in [2.05, 4.69) is 15.0 Å². The smallest absolute Gasteiger partial charge is 0.406 e. The van der Waals surface area contributed by atoms with E-state index in [0.717, 1.165) is 17.8 Å². The molecule has 5 nitrogen and oxygen atoms in total. The van der Waals surface area contributed by atoms with Crippen molar-refractivity contribution in [3.05, 3.63) is 54.4 Å². The zero-order valence-corrected chi connectivity index (χ0v) is 14.5. The molecule has 0 saturated heterocycles. The summed E-state index contributed by atoms with van der Waals surface area (Å²) < 4.78 is 40.2. The van der Waals surface area contributed by atoms with Crippen LogP contribution in [0.2, 0.25) is 0 Å². The minimum absolute atomic E-state index is 0.252. The van der Waals surface area contributed by atoms with E-state index in [1.807, 2.05) is 30.1 Å². The summed E-state index contributed by atoms with van der Waals surface area (Å²) in [5, 5.41) is 2.68. The highest BCUT2D eigenvalue weighted by molar-refractivity contribution is 5.94. The first-order valence-corrected chi connectivity index (χ1v) is 8.01. The fourth-order valence-electron chi connectivity index (χ4n) is 2.22. The molecule has 0 aliphatic carbocycles. The van der Waals surface area contributed by atoms with Crippen LogP contribution in [0.5, 0.6) is 5.75 Å². The normalized spacial score (nSPS) is 12.7. The standard InChI is InChI=1S/C18H20F3N3O2/c1-13(24(2)12-10-14-5-3-4-11-22-14)17(25)23-15-6-8-16(9-7-15)26-18(19,20)21/h3-9,11,13H,10,12H2,1-2H3,(H,23,25). The van der Waals surface area contributed by atoms with Gasteiger partial charge in [0.25, 0.3) is 0 Å². The van der Waals surface area contributed by atoms with Crippen molar-refractivity contribution < 1.29 is 22.7 Å². The Hall–Kier alpha value is -2.61. The number of ether oxygens (including phenoxy) is 1. The van der Waals surface area contributed by atoms with Crippen LogP contribution in [-0.4, -0.2) is 41.8 Å². The number of nitrogens with one attached hydrogen (secondary N) is 1. The molecule has 0 saturated carbocycles. The van der Waals surface area contributed by atoms with Crippen molar-refractivity contribution in [2.24, 2.45) is 0 Å². The molecule has 0 spiro atoms. The summed E-state index contributed by atoms with van der Waals surface area (Å²) in [6, 6.07) is 10.3. The van der Waals surface area contributed by atoms with E-state index in [1.54, 1.807) is 13.1 Å². The van der Waals surface area contributed by atoms with Crippen LogP contribution in [0.25, 0.3) is 0 Å². The van der Waals surface area contributed by atoms with Gasteiger partial charge in [0.2, 0.25) is 5.91 Å². The van der Waals surface area contributed by atoms with E-state index in [-0.39, 0.29) is 11.7 Å². The minimum Gasteiger partial charge on any atom is -0.406 e. The predicted octanol–water partition coefficient (Wildman–Crippen LogP) is 3.48. The second-order valence-electron chi connectivity index (χ2n) is 5.79. The molecule has 1 N–H and O–H groups in total. The number of aromatic nitrogens is 1. The van der Waals surface area contributed by atoms with Gasteiger partial charge in [0.15, 0.2) is 0 Å². The molecule has 8 heteroatoms. The molecule has 0 radical (unpaired) electrons. The van der Waals surface area contributed by atoms with E-state index in [9.17, 15) is 18.0 Å². The SMILES string of the molecule is CC(C(=O)Nc1ccc(OC(F)(F)F)cc1)N(C)CCc1ccccn1. The van der Waals surface area contributed by atoms with Gasteiger partial charge in [-0.25, -0.2) is 0 Å². The summed E-state index contributed by atoms with van der Waals surface area (Å²) in [7, 11) is 1.83. The number of hydrogen-bond acceptors (Lipinski definition) is 4. The molecule has 1 aromatic heterocycles. The van der Waals surface area contributed by atoms with Crippen LogP contribution < -0.4 is 10.1 Å². The van der Waals surface area contributed by atoms with Gasteiger partial charge in [-0.3, -0.25) is 14.7 Å². The first-order chi connectivity index (χ1) is 12.2. The molecule has 0 aliphatic heterocycles. The molecule has 1 unspecified atom stereocenters. The molecule has 2 rings (SSSR count). The number of amides is 1. The Morgan fingerprint density at radius 3 is 2.50 bits per heavy atom. The Labute approximate surface area is 149 Å². The summed E-state index contributed by atoms with van der Waals surface area (Å²) in [5.41, 5.74) is 1.33. The molecular weight excluding hydrogens is 347 g/mol. The first kappa shape index (κ1) is 19.7.